The molecule has 0 radical (unpaired) electrons. The Morgan fingerprint density at radius 2 is 1.04 bits per heavy atom. The van der Waals surface area contributed by atoms with Crippen LogP contribution in [0, 0.1) is 0 Å². The van der Waals surface area contributed by atoms with E-state index < -0.39 is 22.6 Å². The predicted molar refractivity (Wildman–Crippen MR) is 234 cm³/mol. The number of hydrogen-bond donors (Lipinski definition) is 1. The summed E-state index contributed by atoms with van der Waals surface area (Å²) in [6.45, 7) is 23.3. The van der Waals surface area contributed by atoms with E-state index in [4.69, 9.17) is 4.98 Å². The summed E-state index contributed by atoms with van der Waals surface area (Å²) in [5.74, 6) is 0.00906. The maximum Gasteiger partial charge on any atom is 0.194 e. The van der Waals surface area contributed by atoms with Gasteiger partial charge in [-0.15, -0.1) is 0 Å². The molecule has 4 heterocycles. The Hall–Kier alpha value is -4.52. The van der Waals surface area contributed by atoms with Crippen molar-refractivity contribution >= 4 is 55.7 Å². The van der Waals surface area contributed by atoms with E-state index in [-0.39, 0.29) is 15.9 Å². The van der Waals surface area contributed by atoms with E-state index in [9.17, 15) is 9.90 Å². The first-order valence-corrected chi connectivity index (χ1v) is 24.7. The van der Waals surface area contributed by atoms with Crippen molar-refractivity contribution < 1.29 is 9.90 Å². The fourth-order valence-electron chi connectivity index (χ4n) is 6.19. The van der Waals surface area contributed by atoms with Crippen molar-refractivity contribution in [3.63, 3.8) is 0 Å². The Bertz CT molecular complexity index is 2240. The van der Waals surface area contributed by atoms with Gasteiger partial charge in [0.25, 0.3) is 0 Å². The van der Waals surface area contributed by atoms with Gasteiger partial charge in [0.15, 0.2) is 22.3 Å². The molecule has 6 rings (SSSR count). The molecule has 0 aliphatic carbocycles. The van der Waals surface area contributed by atoms with E-state index in [0.29, 0.717) is 11.1 Å². The number of carbonyl (C=O) groups is 1. The van der Waals surface area contributed by atoms with Gasteiger partial charge in [0.2, 0.25) is 0 Å². The van der Waals surface area contributed by atoms with Gasteiger partial charge in [-0.05, 0) is 88.7 Å². The van der Waals surface area contributed by atoms with Gasteiger partial charge >= 0.3 is 0 Å². The normalized spacial score (nSPS) is 13.1. The van der Waals surface area contributed by atoms with E-state index >= 15 is 0 Å². The van der Waals surface area contributed by atoms with Crippen molar-refractivity contribution in [3.05, 3.63) is 120 Å². The Morgan fingerprint density at radius 3 is 1.48 bits per heavy atom. The molecule has 4 aromatic heterocycles. The van der Waals surface area contributed by atoms with Crippen LogP contribution in [0.15, 0.2) is 97.6 Å². The molecule has 8 nitrogen and oxygen atoms in total. The van der Waals surface area contributed by atoms with Crippen molar-refractivity contribution in [2.45, 2.75) is 83.9 Å². The molecular weight excluding hydrogens is 701 g/mol. The van der Waals surface area contributed by atoms with Crippen LogP contribution in [0.1, 0.15) is 74.7 Å². The number of hydrogen-bond acceptors (Lipinski definition) is 6. The minimum atomic E-state index is -1.75. The summed E-state index contributed by atoms with van der Waals surface area (Å²) in [5, 5.41) is 13.4. The molecule has 0 fully saturated rings. The van der Waals surface area contributed by atoms with Gasteiger partial charge in [-0.25, -0.2) is 9.97 Å². The quantitative estimate of drug-likeness (QED) is 0.123. The van der Waals surface area contributed by atoms with E-state index in [1.165, 1.54) is 0 Å². The molecule has 0 aliphatic rings. The first-order valence-electron chi connectivity index (χ1n) is 18.8. The zero-order valence-electron chi connectivity index (χ0n) is 34.9. The maximum absolute atomic E-state index is 12.9. The van der Waals surface area contributed by atoms with Crippen molar-refractivity contribution in [3.8, 4) is 0 Å². The molecule has 0 saturated heterocycles. The smallest absolute Gasteiger partial charge is 0.194 e. The van der Waals surface area contributed by atoms with Gasteiger partial charge in [0, 0.05) is 79.4 Å². The van der Waals surface area contributed by atoms with Crippen LogP contribution in [-0.2, 0) is 0 Å². The Balaban J connectivity index is 0.000000208. The van der Waals surface area contributed by atoms with Crippen molar-refractivity contribution in [2.75, 3.05) is 38.0 Å². The maximum atomic E-state index is 12.9. The first-order chi connectivity index (χ1) is 25.0. The fourth-order valence-corrected chi connectivity index (χ4v) is 9.96. The average Bonchev–Trinajstić information content (AvgIpc) is 3.75. The Morgan fingerprint density at radius 1 is 0.611 bits per heavy atom. The molecule has 6 aromatic rings. The number of aromatic nitrogens is 4. The molecule has 286 valence electrons. The van der Waals surface area contributed by atoms with Crippen LogP contribution < -0.4 is 9.80 Å². The molecule has 0 amide bonds. The van der Waals surface area contributed by atoms with Crippen LogP contribution in [0.5, 0.6) is 0 Å². The molecular formula is C44H60N6O2Si2. The standard InChI is InChI=1S/C22H31N3OSi.C22H29N3OSi/c2*1-22(2,3)27(6,7)25-13-12-17-14-18(15-23-21(17)25)20(26)16-8-10-19(11-9-16)24(4)5/h8-15,20,26H,1-7H3;8-15H,1-7H3. The highest BCUT2D eigenvalue weighted by atomic mass is 28.3. The lowest BCUT2D eigenvalue weighted by Crippen LogP contribution is -2.45. The van der Waals surface area contributed by atoms with Crippen LogP contribution in [0.2, 0.25) is 36.3 Å². The van der Waals surface area contributed by atoms with Gasteiger partial charge in [0.1, 0.15) is 17.4 Å². The summed E-state index contributed by atoms with van der Waals surface area (Å²) in [6.07, 6.45) is 7.16. The number of nitrogens with zero attached hydrogens (tertiary/aromatic N) is 6. The lowest BCUT2D eigenvalue weighted by atomic mass is 10.0. The highest BCUT2D eigenvalue weighted by molar-refractivity contribution is 6.79. The lowest BCUT2D eigenvalue weighted by molar-refractivity contribution is 0.103. The number of pyridine rings is 2. The number of aliphatic hydroxyl groups excluding tert-OH is 1. The fraction of sp³-hybridized carbons (Fsp3) is 0.386. The van der Waals surface area contributed by atoms with E-state index in [1.54, 1.807) is 6.20 Å². The second kappa shape index (κ2) is 15.0. The number of anilines is 2. The second-order valence-electron chi connectivity index (χ2n) is 18.0. The Labute approximate surface area is 324 Å². The number of fused-ring (bicyclic) bond motifs is 2. The first kappa shape index (κ1) is 40.7. The minimum absolute atomic E-state index is 0.00906. The largest absolute Gasteiger partial charge is 0.384 e. The van der Waals surface area contributed by atoms with Crippen LogP contribution >= 0.6 is 0 Å². The van der Waals surface area contributed by atoms with Gasteiger partial charge in [-0.3, -0.25) is 4.79 Å². The third-order valence-corrected chi connectivity index (χ3v) is 22.4. The van der Waals surface area contributed by atoms with Crippen LogP contribution in [-0.4, -0.2) is 74.0 Å². The van der Waals surface area contributed by atoms with Crippen molar-refractivity contribution in [2.24, 2.45) is 0 Å². The third kappa shape index (κ3) is 7.97. The molecule has 0 bridgehead atoms. The van der Waals surface area contributed by atoms with E-state index in [1.807, 2.05) is 98.8 Å². The number of aliphatic hydroxyl groups is 1. The summed E-state index contributed by atoms with van der Waals surface area (Å²) in [5.41, 5.74) is 7.21. The van der Waals surface area contributed by atoms with Gasteiger partial charge < -0.3 is 23.4 Å². The SMILES string of the molecule is CN(C)c1ccc(C(=O)c2cnc3c(ccn3[Si](C)(C)C(C)(C)C)c2)cc1.CN(C)c1ccc(C(O)c2cnc3c(ccn3[Si](C)(C)C(C)(C)C)c2)cc1. The molecule has 1 unspecified atom stereocenters. The molecule has 0 saturated carbocycles. The summed E-state index contributed by atoms with van der Waals surface area (Å²) < 4.78 is 4.73. The molecule has 0 spiro atoms. The van der Waals surface area contributed by atoms with Crippen LogP contribution in [0.4, 0.5) is 11.4 Å². The average molecular weight is 761 g/mol. The third-order valence-electron chi connectivity index (χ3n) is 11.9. The van der Waals surface area contributed by atoms with Crippen LogP contribution in [0.3, 0.4) is 0 Å². The topological polar surface area (TPSA) is 79.4 Å². The monoisotopic (exact) mass is 760 g/mol. The minimum Gasteiger partial charge on any atom is -0.384 e. The summed E-state index contributed by atoms with van der Waals surface area (Å²) in [6, 6.07) is 23.9. The van der Waals surface area contributed by atoms with E-state index in [0.717, 1.165) is 44.6 Å². The van der Waals surface area contributed by atoms with Crippen molar-refractivity contribution in [1.29, 1.82) is 0 Å². The van der Waals surface area contributed by atoms with Crippen LogP contribution in [0.25, 0.3) is 22.1 Å². The number of benzene rings is 2. The molecule has 54 heavy (non-hydrogen) atoms. The molecule has 0 aliphatic heterocycles. The predicted octanol–water partition coefficient (Wildman–Crippen LogP) is 10.2. The molecule has 1 atom stereocenters. The molecule has 1 N–H and O–H groups in total. The van der Waals surface area contributed by atoms with Gasteiger partial charge in [-0.2, -0.15) is 0 Å². The summed E-state index contributed by atoms with van der Waals surface area (Å²) in [4.78, 5) is 26.4. The molecule has 2 aromatic carbocycles. The lowest BCUT2D eigenvalue weighted by Gasteiger charge is -2.38. The van der Waals surface area contributed by atoms with Gasteiger partial charge in [-0.1, -0.05) is 79.9 Å². The van der Waals surface area contributed by atoms with Gasteiger partial charge in [0.05, 0.1) is 0 Å². The molecule has 10 heteroatoms. The second-order valence-corrected chi connectivity index (χ2v) is 28.2. The zero-order valence-corrected chi connectivity index (χ0v) is 36.9. The highest BCUT2D eigenvalue weighted by Gasteiger charge is 2.39. The summed E-state index contributed by atoms with van der Waals surface area (Å²) in [7, 11) is 4.51. The zero-order chi connectivity index (χ0) is 40.0. The summed E-state index contributed by atoms with van der Waals surface area (Å²) >= 11 is 0. The van der Waals surface area contributed by atoms with Crippen molar-refractivity contribution in [1.82, 2.24) is 18.4 Å². The van der Waals surface area contributed by atoms with E-state index in [2.05, 4.69) is 112 Å². The Kier molecular flexibility index (Phi) is 11.3. The number of carbonyl (C=O) groups excluding carboxylic acids is 1. The highest BCUT2D eigenvalue weighted by Crippen LogP contribution is 2.40. The number of ketones is 1. The number of rotatable bonds is 8.